The highest BCUT2D eigenvalue weighted by Crippen LogP contribution is 2.32. The zero-order valence-corrected chi connectivity index (χ0v) is 16.0. The van der Waals surface area contributed by atoms with E-state index in [0.29, 0.717) is 19.1 Å². The Bertz CT molecular complexity index is 576. The fraction of sp³-hybridized carbons (Fsp3) is 0.650. The number of nitrogens with one attached hydrogen (secondary N) is 1. The molecule has 1 N–H and O–H groups in total. The van der Waals surface area contributed by atoms with Gasteiger partial charge in [0.1, 0.15) is 5.75 Å². The van der Waals surface area contributed by atoms with Crippen LogP contribution >= 0.6 is 12.4 Å². The zero-order chi connectivity index (χ0) is 16.8. The van der Waals surface area contributed by atoms with Crippen molar-refractivity contribution < 1.29 is 14.3 Å². The number of hydrogen-bond acceptors (Lipinski definition) is 4. The molecule has 3 rings (SSSR count). The molecular formula is C20H30ClNO3. The third-order valence-corrected chi connectivity index (χ3v) is 5.04. The van der Waals surface area contributed by atoms with Crippen molar-refractivity contribution in [2.75, 3.05) is 19.8 Å². The number of unbranched alkanes of at least 4 members (excludes halogenated alkanes) is 2. The second kappa shape index (κ2) is 10.0. The van der Waals surface area contributed by atoms with Gasteiger partial charge in [-0.15, -0.1) is 12.4 Å². The number of aryl methyl sites for hydroxylation is 1. The predicted octanol–water partition coefficient (Wildman–Crippen LogP) is 3.61. The maximum absolute atomic E-state index is 11.3. The van der Waals surface area contributed by atoms with Gasteiger partial charge in [0, 0.05) is 18.9 Å². The molecule has 0 saturated carbocycles. The van der Waals surface area contributed by atoms with Crippen LogP contribution in [0, 0.1) is 0 Å². The maximum Gasteiger partial charge on any atom is 0.305 e. The first-order valence-electron chi connectivity index (χ1n) is 9.42. The normalized spacial score (nSPS) is 17.9. The third kappa shape index (κ3) is 5.61. The molecule has 0 radical (unpaired) electrons. The van der Waals surface area contributed by atoms with E-state index in [-0.39, 0.29) is 18.4 Å². The Morgan fingerprint density at radius 3 is 2.92 bits per heavy atom. The number of carbonyl (C=O) groups excluding carboxylic acids is 1. The molecule has 0 bridgehead atoms. The maximum atomic E-state index is 11.3. The molecule has 1 unspecified atom stereocenters. The molecule has 1 aromatic rings. The van der Waals surface area contributed by atoms with Crippen LogP contribution in [0.4, 0.5) is 0 Å². The smallest absolute Gasteiger partial charge is 0.305 e. The number of fused-ring (bicyclic) bond motifs is 2. The highest BCUT2D eigenvalue weighted by molar-refractivity contribution is 5.85. The number of esters is 1. The largest absolute Gasteiger partial charge is 0.493 e. The molecular weight excluding hydrogens is 338 g/mol. The molecule has 140 valence electrons. The standard InChI is InChI=1S/C20H29NO3.ClH/c1-2-23-20(22)6-4-3-5-10-21-18-8-7-15-12-16-9-11-24-19(16)14-17(15)13-18;/h12,14,18,21H,2-11,13H2,1H3;1H. The molecule has 0 spiro atoms. The van der Waals surface area contributed by atoms with E-state index in [9.17, 15) is 4.79 Å². The van der Waals surface area contributed by atoms with Gasteiger partial charge in [-0.2, -0.15) is 0 Å². The van der Waals surface area contributed by atoms with Crippen molar-refractivity contribution in [1.29, 1.82) is 0 Å². The van der Waals surface area contributed by atoms with Crippen LogP contribution in [0.5, 0.6) is 5.75 Å². The van der Waals surface area contributed by atoms with E-state index in [1.54, 1.807) is 0 Å². The molecule has 4 nitrogen and oxygen atoms in total. The third-order valence-electron chi connectivity index (χ3n) is 5.04. The summed E-state index contributed by atoms with van der Waals surface area (Å²) in [5.41, 5.74) is 4.37. The average Bonchev–Trinajstić information content (AvgIpc) is 3.03. The zero-order valence-electron chi connectivity index (χ0n) is 15.1. The molecule has 0 fully saturated rings. The summed E-state index contributed by atoms with van der Waals surface area (Å²) in [5.74, 6) is 1.04. The highest BCUT2D eigenvalue weighted by Gasteiger charge is 2.22. The van der Waals surface area contributed by atoms with E-state index >= 15 is 0 Å². The van der Waals surface area contributed by atoms with E-state index in [1.807, 2.05) is 6.92 Å². The van der Waals surface area contributed by atoms with E-state index in [2.05, 4.69) is 17.4 Å². The van der Waals surface area contributed by atoms with Crippen molar-refractivity contribution in [3.05, 3.63) is 28.8 Å². The fourth-order valence-corrected chi connectivity index (χ4v) is 3.72. The van der Waals surface area contributed by atoms with Crippen molar-refractivity contribution >= 4 is 18.4 Å². The number of ether oxygens (including phenoxy) is 2. The summed E-state index contributed by atoms with van der Waals surface area (Å²) >= 11 is 0. The molecule has 1 atom stereocenters. The lowest BCUT2D eigenvalue weighted by Gasteiger charge is -2.26. The number of rotatable bonds is 8. The van der Waals surface area contributed by atoms with Crippen LogP contribution in [-0.4, -0.2) is 31.8 Å². The van der Waals surface area contributed by atoms with Crippen molar-refractivity contribution in [3.8, 4) is 5.75 Å². The van der Waals surface area contributed by atoms with E-state index in [4.69, 9.17) is 9.47 Å². The van der Waals surface area contributed by atoms with Gasteiger partial charge >= 0.3 is 5.97 Å². The first-order valence-corrected chi connectivity index (χ1v) is 9.42. The van der Waals surface area contributed by atoms with E-state index in [0.717, 1.165) is 51.0 Å². The van der Waals surface area contributed by atoms with Crippen LogP contribution in [0.15, 0.2) is 12.1 Å². The first-order chi connectivity index (χ1) is 11.8. The molecule has 25 heavy (non-hydrogen) atoms. The van der Waals surface area contributed by atoms with Gasteiger partial charge in [-0.05, 0) is 68.3 Å². The monoisotopic (exact) mass is 367 g/mol. The van der Waals surface area contributed by atoms with Crippen LogP contribution in [0.1, 0.15) is 55.7 Å². The summed E-state index contributed by atoms with van der Waals surface area (Å²) in [6.45, 7) is 4.21. The summed E-state index contributed by atoms with van der Waals surface area (Å²) in [6.07, 6.45) is 8.24. The van der Waals surface area contributed by atoms with Crippen molar-refractivity contribution in [2.24, 2.45) is 0 Å². The Morgan fingerprint density at radius 2 is 2.08 bits per heavy atom. The molecule has 1 heterocycles. The lowest BCUT2D eigenvalue weighted by atomic mass is 9.86. The lowest BCUT2D eigenvalue weighted by Crippen LogP contribution is -2.35. The number of halogens is 1. The van der Waals surface area contributed by atoms with Gasteiger partial charge in [0.15, 0.2) is 0 Å². The fourth-order valence-electron chi connectivity index (χ4n) is 3.72. The SMILES string of the molecule is CCOC(=O)CCCCCNC1CCc2cc3c(cc2C1)OCC3.Cl. The molecule has 1 aromatic carbocycles. The van der Waals surface area contributed by atoms with Gasteiger partial charge in [-0.1, -0.05) is 12.5 Å². The first kappa shape index (κ1) is 20.1. The highest BCUT2D eigenvalue weighted by atomic mass is 35.5. The summed E-state index contributed by atoms with van der Waals surface area (Å²) < 4.78 is 10.6. The van der Waals surface area contributed by atoms with Crippen molar-refractivity contribution in [2.45, 2.75) is 64.3 Å². The lowest BCUT2D eigenvalue weighted by molar-refractivity contribution is -0.143. The molecule has 1 aliphatic carbocycles. The Morgan fingerprint density at radius 1 is 1.20 bits per heavy atom. The Kier molecular flexibility index (Phi) is 8.04. The summed E-state index contributed by atoms with van der Waals surface area (Å²) in [5, 5.41) is 3.69. The molecule has 2 aliphatic rings. The topological polar surface area (TPSA) is 47.6 Å². The number of benzene rings is 1. The molecule has 5 heteroatoms. The van der Waals surface area contributed by atoms with E-state index in [1.165, 1.54) is 29.5 Å². The quantitative estimate of drug-likeness (QED) is 0.563. The van der Waals surface area contributed by atoms with Gasteiger partial charge in [0.25, 0.3) is 0 Å². The number of hydrogen-bond donors (Lipinski definition) is 1. The van der Waals surface area contributed by atoms with E-state index < -0.39 is 0 Å². The Hall–Kier alpha value is -1.26. The molecule has 0 amide bonds. The van der Waals surface area contributed by atoms with Gasteiger partial charge in [-0.25, -0.2) is 0 Å². The Balaban J connectivity index is 0.00000225. The number of carbonyl (C=O) groups is 1. The van der Waals surface area contributed by atoms with Crippen LogP contribution in [0.25, 0.3) is 0 Å². The predicted molar refractivity (Wildman–Crippen MR) is 102 cm³/mol. The Labute approximate surface area is 157 Å². The van der Waals surface area contributed by atoms with Crippen LogP contribution in [-0.2, 0) is 28.8 Å². The van der Waals surface area contributed by atoms with Crippen molar-refractivity contribution in [3.63, 3.8) is 0 Å². The summed E-state index contributed by atoms with van der Waals surface area (Å²) in [6, 6.07) is 5.20. The second-order valence-electron chi connectivity index (χ2n) is 6.84. The molecule has 0 saturated heterocycles. The van der Waals surface area contributed by atoms with Crippen LogP contribution in [0.3, 0.4) is 0 Å². The summed E-state index contributed by atoms with van der Waals surface area (Å²) in [4.78, 5) is 11.3. The molecule has 1 aliphatic heterocycles. The second-order valence-corrected chi connectivity index (χ2v) is 6.84. The van der Waals surface area contributed by atoms with Crippen LogP contribution < -0.4 is 10.1 Å². The van der Waals surface area contributed by atoms with Gasteiger partial charge in [-0.3, -0.25) is 4.79 Å². The minimum Gasteiger partial charge on any atom is -0.493 e. The minimum absolute atomic E-state index is 0. The van der Waals surface area contributed by atoms with Gasteiger partial charge in [0.2, 0.25) is 0 Å². The van der Waals surface area contributed by atoms with Gasteiger partial charge in [0.05, 0.1) is 13.2 Å². The van der Waals surface area contributed by atoms with Crippen LogP contribution in [0.2, 0.25) is 0 Å². The minimum atomic E-state index is -0.0657. The van der Waals surface area contributed by atoms with Gasteiger partial charge < -0.3 is 14.8 Å². The molecule has 0 aromatic heterocycles. The average molecular weight is 368 g/mol. The summed E-state index contributed by atoms with van der Waals surface area (Å²) in [7, 11) is 0. The van der Waals surface area contributed by atoms with Crippen molar-refractivity contribution in [1.82, 2.24) is 5.32 Å².